The molecule has 0 spiro atoms. The van der Waals surface area contributed by atoms with Crippen molar-refractivity contribution in [3.8, 4) is 0 Å². The van der Waals surface area contributed by atoms with Crippen LogP contribution in [0.25, 0.3) is 0 Å². The van der Waals surface area contributed by atoms with Crippen molar-refractivity contribution in [2.45, 2.75) is 13.0 Å². The molecule has 80 valence electrons. The molecule has 0 aromatic rings. The number of ether oxygens (including phenoxy) is 1. The Hall–Kier alpha value is -0.580. The molecule has 0 bridgehead atoms. The van der Waals surface area contributed by atoms with E-state index in [-0.39, 0.29) is 18.5 Å². The van der Waals surface area contributed by atoms with Crippen molar-refractivity contribution >= 4 is 17.5 Å². The number of halogens is 1. The van der Waals surface area contributed by atoms with Crippen molar-refractivity contribution < 1.29 is 9.53 Å². The minimum atomic E-state index is -0.646. The van der Waals surface area contributed by atoms with Crippen LogP contribution in [0.15, 0.2) is 11.6 Å². The molecule has 0 saturated carbocycles. The molecule has 1 amide bonds. The number of carbonyl (C=O) groups excluding carboxylic acids is 1. The first kappa shape index (κ1) is 11.5. The molecule has 1 aliphatic rings. The molecule has 1 saturated heterocycles. The van der Waals surface area contributed by atoms with E-state index >= 15 is 0 Å². The van der Waals surface area contributed by atoms with Crippen LogP contribution in [0.4, 0.5) is 0 Å². The predicted molar refractivity (Wildman–Crippen MR) is 54.9 cm³/mol. The van der Waals surface area contributed by atoms with E-state index in [1.165, 1.54) is 0 Å². The lowest BCUT2D eigenvalue weighted by Crippen LogP contribution is -2.50. The molecular weight excluding hydrogens is 204 g/mol. The van der Waals surface area contributed by atoms with E-state index in [0.717, 1.165) is 0 Å². The smallest absolute Gasteiger partial charge is 0.230 e. The fourth-order valence-corrected chi connectivity index (χ4v) is 1.37. The molecule has 1 rings (SSSR count). The van der Waals surface area contributed by atoms with Gasteiger partial charge in [0.25, 0.3) is 0 Å². The maximum Gasteiger partial charge on any atom is 0.230 e. The molecule has 2 unspecified atom stereocenters. The van der Waals surface area contributed by atoms with Gasteiger partial charge in [-0.15, -0.1) is 0 Å². The molecule has 4 nitrogen and oxygen atoms in total. The van der Waals surface area contributed by atoms with Crippen LogP contribution < -0.4 is 11.1 Å². The van der Waals surface area contributed by atoms with Crippen LogP contribution in [0.3, 0.4) is 0 Å². The Morgan fingerprint density at radius 1 is 1.86 bits per heavy atom. The summed E-state index contributed by atoms with van der Waals surface area (Å²) in [4.78, 5) is 11.7. The second kappa shape index (κ2) is 4.29. The van der Waals surface area contributed by atoms with Gasteiger partial charge in [-0.2, -0.15) is 0 Å². The van der Waals surface area contributed by atoms with Crippen molar-refractivity contribution in [1.29, 1.82) is 0 Å². The summed E-state index contributed by atoms with van der Waals surface area (Å²) < 4.78 is 5.16. The maximum atomic E-state index is 11.7. The minimum Gasteiger partial charge on any atom is -0.379 e. The molecule has 1 aliphatic heterocycles. The van der Waals surface area contributed by atoms with Gasteiger partial charge >= 0.3 is 0 Å². The van der Waals surface area contributed by atoms with E-state index in [9.17, 15) is 4.79 Å². The average molecular weight is 219 g/mol. The Balaban J connectivity index is 2.54. The number of amides is 1. The van der Waals surface area contributed by atoms with Crippen LogP contribution in [0.1, 0.15) is 6.92 Å². The van der Waals surface area contributed by atoms with Gasteiger partial charge in [0, 0.05) is 11.1 Å². The van der Waals surface area contributed by atoms with Gasteiger partial charge < -0.3 is 15.8 Å². The van der Waals surface area contributed by atoms with Gasteiger partial charge in [0.1, 0.15) is 0 Å². The Kier molecular flexibility index (Phi) is 3.53. The Morgan fingerprint density at radius 2 is 2.50 bits per heavy atom. The average Bonchev–Trinajstić information content (AvgIpc) is 2.44. The zero-order chi connectivity index (χ0) is 10.8. The second-order valence-corrected chi connectivity index (χ2v) is 4.27. The Bertz CT molecular complexity index is 257. The monoisotopic (exact) mass is 218 g/mol. The van der Waals surface area contributed by atoms with Crippen LogP contribution >= 0.6 is 11.6 Å². The first-order valence-corrected chi connectivity index (χ1v) is 4.79. The molecule has 1 fully saturated rings. The number of nitrogens with one attached hydrogen (secondary N) is 1. The van der Waals surface area contributed by atoms with E-state index in [1.807, 2.05) is 0 Å². The summed E-state index contributed by atoms with van der Waals surface area (Å²) in [6.07, 6.45) is 0. The second-order valence-electron chi connectivity index (χ2n) is 3.74. The summed E-state index contributed by atoms with van der Waals surface area (Å²) in [6, 6.07) is -0.258. The summed E-state index contributed by atoms with van der Waals surface area (Å²) in [5.74, 6) is -0.135. The van der Waals surface area contributed by atoms with Crippen LogP contribution in [-0.4, -0.2) is 31.7 Å². The third-order valence-corrected chi connectivity index (χ3v) is 2.61. The lowest BCUT2D eigenvalue weighted by molar-refractivity contribution is -0.130. The maximum absolute atomic E-state index is 11.7. The molecule has 0 aromatic heterocycles. The van der Waals surface area contributed by atoms with Crippen LogP contribution in [0, 0.1) is 5.41 Å². The predicted octanol–water partition coefficient (Wildman–Crippen LogP) is 0.219. The number of hydrogen-bond donors (Lipinski definition) is 2. The normalized spacial score (nSPS) is 31.5. The van der Waals surface area contributed by atoms with Crippen molar-refractivity contribution in [3.63, 3.8) is 0 Å². The third-order valence-electron chi connectivity index (χ3n) is 2.48. The molecule has 0 aromatic carbocycles. The molecule has 5 heteroatoms. The highest BCUT2D eigenvalue weighted by Crippen LogP contribution is 2.27. The largest absolute Gasteiger partial charge is 0.379 e. The zero-order valence-electron chi connectivity index (χ0n) is 8.18. The fourth-order valence-electron chi connectivity index (χ4n) is 1.30. The van der Waals surface area contributed by atoms with Crippen molar-refractivity contribution in [2.75, 3.05) is 19.8 Å². The van der Waals surface area contributed by atoms with Gasteiger partial charge in [-0.1, -0.05) is 18.2 Å². The van der Waals surface area contributed by atoms with Crippen molar-refractivity contribution in [2.24, 2.45) is 11.1 Å². The fraction of sp³-hybridized carbons (Fsp3) is 0.667. The quantitative estimate of drug-likeness (QED) is 0.712. The van der Waals surface area contributed by atoms with E-state index in [2.05, 4.69) is 11.9 Å². The molecule has 1 heterocycles. The van der Waals surface area contributed by atoms with Gasteiger partial charge in [0.15, 0.2) is 0 Å². The first-order valence-electron chi connectivity index (χ1n) is 4.41. The van der Waals surface area contributed by atoms with Crippen LogP contribution in [0.5, 0.6) is 0 Å². The number of nitrogens with two attached hydrogens (primary N) is 1. The highest BCUT2D eigenvalue weighted by Gasteiger charge is 2.44. The Morgan fingerprint density at radius 3 is 2.93 bits per heavy atom. The topological polar surface area (TPSA) is 64.3 Å². The SMILES string of the molecule is C=C(Cl)CNC(=O)C1(C)COCC1N. The number of hydrogen-bond acceptors (Lipinski definition) is 3. The van der Waals surface area contributed by atoms with E-state index in [1.54, 1.807) is 6.92 Å². The summed E-state index contributed by atoms with van der Waals surface area (Å²) in [6.45, 7) is 6.32. The summed E-state index contributed by atoms with van der Waals surface area (Å²) >= 11 is 5.54. The van der Waals surface area contributed by atoms with Crippen LogP contribution in [-0.2, 0) is 9.53 Å². The van der Waals surface area contributed by atoms with Crippen LogP contribution in [0.2, 0.25) is 0 Å². The van der Waals surface area contributed by atoms with E-state index < -0.39 is 5.41 Å². The van der Waals surface area contributed by atoms with Crippen molar-refractivity contribution in [3.05, 3.63) is 11.6 Å². The van der Waals surface area contributed by atoms with Gasteiger partial charge in [0.2, 0.25) is 5.91 Å². The van der Waals surface area contributed by atoms with Gasteiger partial charge in [0.05, 0.1) is 25.2 Å². The zero-order valence-corrected chi connectivity index (χ0v) is 8.93. The molecule has 3 N–H and O–H groups in total. The summed E-state index contributed by atoms with van der Waals surface area (Å²) in [5, 5.41) is 3.06. The molecular formula is C9H15ClN2O2. The highest BCUT2D eigenvalue weighted by atomic mass is 35.5. The lowest BCUT2D eigenvalue weighted by atomic mass is 9.85. The van der Waals surface area contributed by atoms with Gasteiger partial charge in [-0.05, 0) is 6.92 Å². The first-order chi connectivity index (χ1) is 6.47. The molecule has 0 aliphatic carbocycles. The van der Waals surface area contributed by atoms with E-state index in [0.29, 0.717) is 18.2 Å². The molecule has 2 atom stereocenters. The summed E-state index contributed by atoms with van der Waals surface area (Å²) in [7, 11) is 0. The number of rotatable bonds is 3. The number of carbonyl (C=O) groups is 1. The lowest BCUT2D eigenvalue weighted by Gasteiger charge is -2.25. The summed E-state index contributed by atoms with van der Waals surface area (Å²) in [5.41, 5.74) is 5.13. The van der Waals surface area contributed by atoms with Crippen molar-refractivity contribution in [1.82, 2.24) is 5.32 Å². The molecule has 0 radical (unpaired) electrons. The molecule has 14 heavy (non-hydrogen) atoms. The van der Waals surface area contributed by atoms with Gasteiger partial charge in [-0.3, -0.25) is 4.79 Å². The highest BCUT2D eigenvalue weighted by molar-refractivity contribution is 6.29. The minimum absolute atomic E-state index is 0.135. The van der Waals surface area contributed by atoms with E-state index in [4.69, 9.17) is 22.1 Å². The van der Waals surface area contributed by atoms with Gasteiger partial charge in [-0.25, -0.2) is 0 Å². The standard InChI is InChI=1S/C9H15ClN2O2/c1-6(10)3-12-8(13)9(2)5-14-4-7(9)11/h7H,1,3-5,11H2,2H3,(H,12,13). The Labute approximate surface area is 88.4 Å². The third kappa shape index (κ3) is 2.26.